The molecule has 0 amide bonds. The summed E-state index contributed by atoms with van der Waals surface area (Å²) in [4.78, 5) is 11.6. The number of carbonyl (C=O) groups excluding carboxylic acids is 1. The van der Waals surface area contributed by atoms with Gasteiger partial charge in [0, 0.05) is 23.6 Å². The highest BCUT2D eigenvalue weighted by molar-refractivity contribution is 6.01. The molecule has 1 nitrogen and oxygen atoms in total. The van der Waals surface area contributed by atoms with Gasteiger partial charge in [-0.1, -0.05) is 12.1 Å². The Labute approximate surface area is 103 Å². The van der Waals surface area contributed by atoms with Gasteiger partial charge in [-0.3, -0.25) is 4.79 Å². The molecule has 2 aromatic carbocycles. The van der Waals surface area contributed by atoms with Crippen LogP contribution in [0.4, 0.5) is 8.78 Å². The lowest BCUT2D eigenvalue weighted by Gasteiger charge is -2.06. The average molecular weight is 244 g/mol. The van der Waals surface area contributed by atoms with Crippen LogP contribution in [0.1, 0.15) is 22.3 Å². The van der Waals surface area contributed by atoms with E-state index in [1.807, 2.05) is 6.07 Å². The molecule has 3 rings (SSSR count). The largest absolute Gasteiger partial charge is 0.294 e. The van der Waals surface area contributed by atoms with E-state index >= 15 is 0 Å². The average Bonchev–Trinajstić information content (AvgIpc) is 2.71. The third-order valence-corrected chi connectivity index (χ3v) is 3.27. The van der Waals surface area contributed by atoms with Gasteiger partial charge in [-0.25, -0.2) is 8.78 Å². The summed E-state index contributed by atoms with van der Waals surface area (Å²) < 4.78 is 26.5. The number of hydrogen-bond donors (Lipinski definition) is 0. The Hall–Kier alpha value is -2.03. The minimum atomic E-state index is -0.611. The number of halogens is 2. The number of carbonyl (C=O) groups is 1. The molecule has 0 bridgehead atoms. The molecule has 0 aromatic heterocycles. The highest BCUT2D eigenvalue weighted by atomic mass is 19.1. The summed E-state index contributed by atoms with van der Waals surface area (Å²) in [5.41, 5.74) is 2.60. The van der Waals surface area contributed by atoms with Gasteiger partial charge in [0.2, 0.25) is 0 Å². The number of aryl methyl sites for hydroxylation is 1. The standard InChI is InChI=1S/C15H10F2O/c16-11-4-5-12(14(17)8-11)10-2-1-9-3-6-15(18)13(9)7-10/h1-2,4-5,7-8H,3,6H2. The molecule has 0 aliphatic heterocycles. The molecule has 0 atom stereocenters. The van der Waals surface area contributed by atoms with E-state index in [9.17, 15) is 13.6 Å². The summed E-state index contributed by atoms with van der Waals surface area (Å²) in [6, 6.07) is 8.77. The van der Waals surface area contributed by atoms with Crippen molar-refractivity contribution in [3.63, 3.8) is 0 Å². The van der Waals surface area contributed by atoms with Gasteiger partial charge in [0.25, 0.3) is 0 Å². The maximum atomic E-state index is 13.7. The number of rotatable bonds is 1. The molecule has 0 radical (unpaired) electrons. The maximum absolute atomic E-state index is 13.7. The van der Waals surface area contributed by atoms with E-state index in [-0.39, 0.29) is 5.78 Å². The van der Waals surface area contributed by atoms with Crippen molar-refractivity contribution >= 4 is 5.78 Å². The van der Waals surface area contributed by atoms with Crippen molar-refractivity contribution in [1.82, 2.24) is 0 Å². The number of Topliss-reactive ketones (excluding diaryl/α,β-unsaturated/α-hetero) is 1. The zero-order valence-electron chi connectivity index (χ0n) is 9.54. The summed E-state index contributed by atoms with van der Waals surface area (Å²) in [6.07, 6.45) is 1.27. The number of ketones is 1. The summed E-state index contributed by atoms with van der Waals surface area (Å²) in [6.45, 7) is 0. The van der Waals surface area contributed by atoms with Crippen LogP contribution >= 0.6 is 0 Å². The fraction of sp³-hybridized carbons (Fsp3) is 0.133. The molecular formula is C15H10F2O. The third kappa shape index (κ3) is 1.72. The molecule has 3 heteroatoms. The first kappa shape index (κ1) is 11.1. The van der Waals surface area contributed by atoms with Crippen molar-refractivity contribution in [2.45, 2.75) is 12.8 Å². The van der Waals surface area contributed by atoms with Crippen LogP contribution in [0.15, 0.2) is 36.4 Å². The zero-order chi connectivity index (χ0) is 12.7. The number of fused-ring (bicyclic) bond motifs is 1. The minimum absolute atomic E-state index is 0.0920. The topological polar surface area (TPSA) is 17.1 Å². The molecule has 0 saturated heterocycles. The molecule has 0 unspecified atom stereocenters. The van der Waals surface area contributed by atoms with E-state index in [4.69, 9.17) is 0 Å². The first-order valence-corrected chi connectivity index (χ1v) is 5.77. The van der Waals surface area contributed by atoms with Gasteiger partial charge in [0.1, 0.15) is 11.6 Å². The van der Waals surface area contributed by atoms with Gasteiger partial charge in [0.05, 0.1) is 0 Å². The molecule has 1 aliphatic carbocycles. The lowest BCUT2D eigenvalue weighted by molar-refractivity contribution is 0.0994. The summed E-state index contributed by atoms with van der Waals surface area (Å²) in [7, 11) is 0. The van der Waals surface area contributed by atoms with Crippen LogP contribution in [-0.2, 0) is 6.42 Å². The molecule has 0 heterocycles. The van der Waals surface area contributed by atoms with Crippen LogP contribution in [-0.4, -0.2) is 5.78 Å². The predicted molar refractivity (Wildman–Crippen MR) is 64.4 cm³/mol. The molecule has 18 heavy (non-hydrogen) atoms. The molecule has 0 saturated carbocycles. The normalized spacial score (nSPS) is 13.8. The molecule has 90 valence electrons. The summed E-state index contributed by atoms with van der Waals surface area (Å²) in [5.74, 6) is -1.12. The molecule has 0 fully saturated rings. The fourth-order valence-corrected chi connectivity index (χ4v) is 2.33. The van der Waals surface area contributed by atoms with E-state index < -0.39 is 11.6 Å². The van der Waals surface area contributed by atoms with E-state index in [1.165, 1.54) is 12.1 Å². The second-order valence-electron chi connectivity index (χ2n) is 4.42. The van der Waals surface area contributed by atoms with Crippen LogP contribution < -0.4 is 0 Å². The highest BCUT2D eigenvalue weighted by Gasteiger charge is 2.20. The molecular weight excluding hydrogens is 234 g/mol. The van der Waals surface area contributed by atoms with Crippen molar-refractivity contribution in [2.24, 2.45) is 0 Å². The van der Waals surface area contributed by atoms with Crippen LogP contribution in [0.2, 0.25) is 0 Å². The maximum Gasteiger partial charge on any atom is 0.163 e. The Morgan fingerprint density at radius 2 is 1.72 bits per heavy atom. The van der Waals surface area contributed by atoms with Crippen LogP contribution in [0.25, 0.3) is 11.1 Å². The molecule has 0 N–H and O–H groups in total. The van der Waals surface area contributed by atoms with Crippen molar-refractivity contribution in [3.05, 3.63) is 59.2 Å². The van der Waals surface area contributed by atoms with Crippen LogP contribution in [0.5, 0.6) is 0 Å². The Kier molecular flexibility index (Phi) is 2.47. The smallest absolute Gasteiger partial charge is 0.163 e. The van der Waals surface area contributed by atoms with Gasteiger partial charge >= 0.3 is 0 Å². The van der Waals surface area contributed by atoms with Gasteiger partial charge in [0.15, 0.2) is 5.78 Å². The second kappa shape index (κ2) is 4.02. The van der Waals surface area contributed by atoms with Crippen molar-refractivity contribution in [1.29, 1.82) is 0 Å². The second-order valence-corrected chi connectivity index (χ2v) is 4.42. The van der Waals surface area contributed by atoms with Crippen LogP contribution in [0, 0.1) is 11.6 Å². The lowest BCUT2D eigenvalue weighted by atomic mass is 10.00. The van der Waals surface area contributed by atoms with E-state index in [0.717, 1.165) is 18.1 Å². The first-order chi connectivity index (χ1) is 8.65. The summed E-state index contributed by atoms with van der Waals surface area (Å²) >= 11 is 0. The number of hydrogen-bond acceptors (Lipinski definition) is 1. The van der Waals surface area contributed by atoms with Crippen molar-refractivity contribution in [2.75, 3.05) is 0 Å². The Morgan fingerprint density at radius 3 is 2.50 bits per heavy atom. The lowest BCUT2D eigenvalue weighted by Crippen LogP contribution is -1.93. The zero-order valence-corrected chi connectivity index (χ0v) is 9.54. The van der Waals surface area contributed by atoms with Gasteiger partial charge in [-0.05, 0) is 35.7 Å². The van der Waals surface area contributed by atoms with Gasteiger partial charge in [-0.2, -0.15) is 0 Å². The Morgan fingerprint density at radius 1 is 0.889 bits per heavy atom. The molecule has 2 aromatic rings. The quantitative estimate of drug-likeness (QED) is 0.746. The Balaban J connectivity index is 2.13. The Bertz CT molecular complexity index is 647. The van der Waals surface area contributed by atoms with Crippen molar-refractivity contribution < 1.29 is 13.6 Å². The van der Waals surface area contributed by atoms with Crippen molar-refractivity contribution in [3.8, 4) is 11.1 Å². The van der Waals surface area contributed by atoms with E-state index in [0.29, 0.717) is 23.1 Å². The fourth-order valence-electron chi connectivity index (χ4n) is 2.33. The third-order valence-electron chi connectivity index (χ3n) is 3.27. The summed E-state index contributed by atoms with van der Waals surface area (Å²) in [5, 5.41) is 0. The number of benzene rings is 2. The SMILES string of the molecule is O=C1CCc2ccc(-c3ccc(F)cc3F)cc21. The van der Waals surface area contributed by atoms with Gasteiger partial charge in [-0.15, -0.1) is 0 Å². The van der Waals surface area contributed by atoms with Gasteiger partial charge < -0.3 is 0 Å². The van der Waals surface area contributed by atoms with E-state index in [2.05, 4.69) is 0 Å². The van der Waals surface area contributed by atoms with E-state index in [1.54, 1.807) is 12.1 Å². The molecule has 1 aliphatic rings. The highest BCUT2D eigenvalue weighted by Crippen LogP contribution is 2.29. The van der Waals surface area contributed by atoms with Crippen LogP contribution in [0.3, 0.4) is 0 Å². The predicted octanol–water partition coefficient (Wildman–Crippen LogP) is 3.76. The molecule has 0 spiro atoms. The monoisotopic (exact) mass is 244 g/mol. The minimum Gasteiger partial charge on any atom is -0.294 e. The first-order valence-electron chi connectivity index (χ1n) is 5.77.